The standard InChI is InChI=1S/C15H16O5S/c1-10(2)20-15(19)9-21-12-5-3-11(4-6-12)13(16)7-8-14(17)18/h3-8,10H,9H2,1-2H3,(H,17,18)/b8-7+. The normalized spacial score (nSPS) is 10.8. The Morgan fingerprint density at radius 2 is 1.81 bits per heavy atom. The first-order chi connectivity index (χ1) is 9.88. The highest BCUT2D eigenvalue weighted by Gasteiger charge is 2.07. The molecule has 112 valence electrons. The van der Waals surface area contributed by atoms with Crippen LogP contribution in [0.2, 0.25) is 0 Å². The third-order valence-corrected chi connectivity index (χ3v) is 3.23. The van der Waals surface area contributed by atoms with Crippen LogP contribution in [-0.2, 0) is 14.3 Å². The Labute approximate surface area is 127 Å². The molecule has 1 aromatic rings. The summed E-state index contributed by atoms with van der Waals surface area (Å²) in [7, 11) is 0. The smallest absolute Gasteiger partial charge is 0.328 e. The number of esters is 1. The van der Waals surface area contributed by atoms with E-state index in [1.165, 1.54) is 11.8 Å². The Morgan fingerprint density at radius 1 is 1.19 bits per heavy atom. The zero-order chi connectivity index (χ0) is 15.8. The summed E-state index contributed by atoms with van der Waals surface area (Å²) in [6, 6.07) is 6.58. The van der Waals surface area contributed by atoms with Crippen molar-refractivity contribution < 1.29 is 24.2 Å². The maximum Gasteiger partial charge on any atom is 0.328 e. The molecule has 1 aromatic carbocycles. The van der Waals surface area contributed by atoms with Gasteiger partial charge in [-0.25, -0.2) is 4.79 Å². The summed E-state index contributed by atoms with van der Waals surface area (Å²) in [5, 5.41) is 8.45. The SMILES string of the molecule is CC(C)OC(=O)CSc1ccc(C(=O)/C=C/C(=O)O)cc1. The fourth-order valence-corrected chi connectivity index (χ4v) is 2.08. The summed E-state index contributed by atoms with van der Waals surface area (Å²) in [5.74, 6) is -1.64. The van der Waals surface area contributed by atoms with Crippen molar-refractivity contribution in [2.75, 3.05) is 5.75 Å². The van der Waals surface area contributed by atoms with E-state index in [4.69, 9.17) is 9.84 Å². The van der Waals surface area contributed by atoms with Gasteiger partial charge in [0.25, 0.3) is 0 Å². The molecule has 6 heteroatoms. The number of benzene rings is 1. The number of carboxylic acid groups (broad SMARTS) is 1. The first-order valence-electron chi connectivity index (χ1n) is 6.26. The molecule has 0 aromatic heterocycles. The zero-order valence-electron chi connectivity index (χ0n) is 11.7. The van der Waals surface area contributed by atoms with Gasteiger partial charge in [0.2, 0.25) is 0 Å². The lowest BCUT2D eigenvalue weighted by molar-refractivity contribution is -0.144. The maximum absolute atomic E-state index is 11.6. The Kier molecular flexibility index (Phi) is 6.68. The fourth-order valence-electron chi connectivity index (χ4n) is 1.40. The number of allylic oxidation sites excluding steroid dienone is 1. The van der Waals surface area contributed by atoms with Gasteiger partial charge < -0.3 is 9.84 Å². The summed E-state index contributed by atoms with van der Waals surface area (Å²) in [4.78, 5) is 34.2. The van der Waals surface area contributed by atoms with Crippen LogP contribution in [-0.4, -0.2) is 34.7 Å². The third kappa shape index (κ3) is 6.76. The molecule has 0 aliphatic heterocycles. The lowest BCUT2D eigenvalue weighted by Crippen LogP contribution is -2.13. The van der Waals surface area contributed by atoms with Crippen molar-refractivity contribution >= 4 is 29.5 Å². The van der Waals surface area contributed by atoms with E-state index in [2.05, 4.69) is 0 Å². The quantitative estimate of drug-likeness (QED) is 0.361. The lowest BCUT2D eigenvalue weighted by atomic mass is 10.1. The molecule has 0 unspecified atom stereocenters. The lowest BCUT2D eigenvalue weighted by Gasteiger charge is -2.07. The van der Waals surface area contributed by atoms with Gasteiger partial charge in [0.15, 0.2) is 5.78 Å². The van der Waals surface area contributed by atoms with Crippen LogP contribution in [0.25, 0.3) is 0 Å². The molecule has 0 saturated carbocycles. The van der Waals surface area contributed by atoms with Crippen LogP contribution in [0.3, 0.4) is 0 Å². The molecular formula is C15H16O5S. The van der Waals surface area contributed by atoms with Crippen LogP contribution >= 0.6 is 11.8 Å². The van der Waals surface area contributed by atoms with Crippen LogP contribution in [0, 0.1) is 0 Å². The molecule has 0 heterocycles. The number of carbonyl (C=O) groups excluding carboxylic acids is 2. The van der Waals surface area contributed by atoms with E-state index < -0.39 is 5.97 Å². The average molecular weight is 308 g/mol. The molecule has 0 bridgehead atoms. The van der Waals surface area contributed by atoms with Crippen LogP contribution < -0.4 is 0 Å². The molecule has 0 aliphatic rings. The van der Waals surface area contributed by atoms with Crippen LogP contribution in [0.4, 0.5) is 0 Å². The van der Waals surface area contributed by atoms with Gasteiger partial charge in [-0.3, -0.25) is 9.59 Å². The largest absolute Gasteiger partial charge is 0.478 e. The highest BCUT2D eigenvalue weighted by molar-refractivity contribution is 8.00. The second kappa shape index (κ2) is 8.26. The van der Waals surface area contributed by atoms with Gasteiger partial charge in [0.1, 0.15) is 0 Å². The highest BCUT2D eigenvalue weighted by Crippen LogP contribution is 2.19. The number of ketones is 1. The summed E-state index contributed by atoms with van der Waals surface area (Å²) in [5.41, 5.74) is 0.390. The van der Waals surface area contributed by atoms with E-state index in [0.717, 1.165) is 17.0 Å². The monoisotopic (exact) mass is 308 g/mol. The van der Waals surface area contributed by atoms with Gasteiger partial charge in [0.05, 0.1) is 11.9 Å². The minimum Gasteiger partial charge on any atom is -0.478 e. The predicted molar refractivity (Wildman–Crippen MR) is 79.5 cm³/mol. The molecule has 1 rings (SSSR count). The van der Waals surface area contributed by atoms with Crippen molar-refractivity contribution in [2.24, 2.45) is 0 Å². The Morgan fingerprint density at radius 3 is 2.33 bits per heavy atom. The predicted octanol–water partition coefficient (Wildman–Crippen LogP) is 2.55. The summed E-state index contributed by atoms with van der Waals surface area (Å²) in [6.45, 7) is 3.57. The van der Waals surface area contributed by atoms with Gasteiger partial charge in [-0.15, -0.1) is 11.8 Å². The Bertz CT molecular complexity index is 546. The van der Waals surface area contributed by atoms with Crippen molar-refractivity contribution in [3.8, 4) is 0 Å². The fraction of sp³-hybridized carbons (Fsp3) is 0.267. The van der Waals surface area contributed by atoms with E-state index >= 15 is 0 Å². The van der Waals surface area contributed by atoms with Crippen molar-refractivity contribution in [1.29, 1.82) is 0 Å². The number of ether oxygens (including phenoxy) is 1. The highest BCUT2D eigenvalue weighted by atomic mass is 32.2. The van der Waals surface area contributed by atoms with Gasteiger partial charge in [-0.05, 0) is 44.2 Å². The van der Waals surface area contributed by atoms with E-state index in [0.29, 0.717) is 5.56 Å². The molecule has 0 fully saturated rings. The molecule has 0 spiro atoms. The second-order valence-corrected chi connectivity index (χ2v) is 5.44. The molecule has 0 atom stereocenters. The molecule has 1 N–H and O–H groups in total. The van der Waals surface area contributed by atoms with Crippen molar-refractivity contribution in [2.45, 2.75) is 24.8 Å². The van der Waals surface area contributed by atoms with Crippen LogP contribution in [0.15, 0.2) is 41.3 Å². The van der Waals surface area contributed by atoms with Crippen molar-refractivity contribution in [1.82, 2.24) is 0 Å². The van der Waals surface area contributed by atoms with E-state index in [9.17, 15) is 14.4 Å². The second-order valence-electron chi connectivity index (χ2n) is 4.39. The Hall–Kier alpha value is -2.08. The van der Waals surface area contributed by atoms with Gasteiger partial charge in [0, 0.05) is 16.5 Å². The summed E-state index contributed by atoms with van der Waals surface area (Å²) < 4.78 is 5.01. The minimum absolute atomic E-state index is 0.140. The van der Waals surface area contributed by atoms with Crippen molar-refractivity contribution in [3.63, 3.8) is 0 Å². The molecule has 0 amide bonds. The number of carbonyl (C=O) groups is 3. The van der Waals surface area contributed by atoms with Crippen molar-refractivity contribution in [3.05, 3.63) is 42.0 Å². The third-order valence-electron chi connectivity index (χ3n) is 2.24. The minimum atomic E-state index is -1.17. The maximum atomic E-state index is 11.6. The average Bonchev–Trinajstić information content (AvgIpc) is 2.42. The van der Waals surface area contributed by atoms with E-state index in [1.54, 1.807) is 38.1 Å². The van der Waals surface area contributed by atoms with Gasteiger partial charge in [-0.1, -0.05) is 0 Å². The van der Waals surface area contributed by atoms with Gasteiger partial charge in [-0.2, -0.15) is 0 Å². The number of hydrogen-bond acceptors (Lipinski definition) is 5. The van der Waals surface area contributed by atoms with Gasteiger partial charge >= 0.3 is 11.9 Å². The molecule has 21 heavy (non-hydrogen) atoms. The summed E-state index contributed by atoms with van der Waals surface area (Å²) in [6.07, 6.45) is 1.66. The number of hydrogen-bond donors (Lipinski definition) is 1. The molecular weight excluding hydrogens is 292 g/mol. The molecule has 0 aliphatic carbocycles. The zero-order valence-corrected chi connectivity index (χ0v) is 12.6. The number of carboxylic acids is 1. The molecule has 0 radical (unpaired) electrons. The molecule has 0 saturated heterocycles. The first kappa shape index (κ1) is 17.0. The summed E-state index contributed by atoms with van der Waals surface area (Å²) >= 11 is 1.31. The Balaban J connectivity index is 2.56. The number of aliphatic carboxylic acids is 1. The molecule has 5 nitrogen and oxygen atoms in total. The van der Waals surface area contributed by atoms with Crippen LogP contribution in [0.1, 0.15) is 24.2 Å². The van der Waals surface area contributed by atoms with E-state index in [1.807, 2.05) is 0 Å². The number of thioether (sulfide) groups is 1. The van der Waals surface area contributed by atoms with Crippen LogP contribution in [0.5, 0.6) is 0 Å². The first-order valence-corrected chi connectivity index (χ1v) is 7.24. The number of rotatable bonds is 7. The topological polar surface area (TPSA) is 80.7 Å². The van der Waals surface area contributed by atoms with E-state index in [-0.39, 0.29) is 23.6 Å².